The monoisotopic (exact) mass is 298 g/mol. The molecule has 1 aromatic rings. The van der Waals surface area contributed by atoms with Gasteiger partial charge in [0.05, 0.1) is 13.2 Å². The predicted octanol–water partition coefficient (Wildman–Crippen LogP) is 1.48. The second kappa shape index (κ2) is 6.11. The fourth-order valence-corrected chi connectivity index (χ4v) is 2.35. The molecule has 7 heteroatoms. The molecule has 1 aliphatic heterocycles. The minimum Gasteiger partial charge on any atom is -0.467 e. The summed E-state index contributed by atoms with van der Waals surface area (Å²) in [6, 6.07) is 5.43. The molecule has 0 aromatic heterocycles. The molecule has 0 aliphatic carbocycles. The third-order valence-corrected chi connectivity index (χ3v) is 3.32. The van der Waals surface area contributed by atoms with E-state index in [9.17, 15) is 14.7 Å². The average Bonchev–Trinajstić information content (AvgIpc) is 2.80. The number of likely N-dealkylation sites (tertiary alicyclic amines) is 1. The fourth-order valence-electron chi connectivity index (χ4n) is 2.16. The number of ether oxygens (including phenoxy) is 1. The molecule has 2 rings (SSSR count). The second-order valence-electron chi connectivity index (χ2n) is 4.52. The molecule has 20 heavy (non-hydrogen) atoms. The number of hydrogen-bond donors (Lipinski definition) is 2. The lowest BCUT2D eigenvalue weighted by Crippen LogP contribution is -2.43. The van der Waals surface area contributed by atoms with E-state index in [0.29, 0.717) is 10.7 Å². The molecule has 0 radical (unpaired) electrons. The first-order valence-corrected chi connectivity index (χ1v) is 6.48. The zero-order valence-corrected chi connectivity index (χ0v) is 11.6. The first kappa shape index (κ1) is 14.6. The average molecular weight is 299 g/mol. The molecular weight excluding hydrogens is 284 g/mol. The number of carbonyl (C=O) groups excluding carboxylic acids is 2. The van der Waals surface area contributed by atoms with Crippen LogP contribution in [0.3, 0.4) is 0 Å². The van der Waals surface area contributed by atoms with Gasteiger partial charge in [0, 0.05) is 23.7 Å². The molecule has 1 saturated heterocycles. The Kier molecular flexibility index (Phi) is 4.46. The lowest BCUT2D eigenvalue weighted by atomic mass is 10.2. The summed E-state index contributed by atoms with van der Waals surface area (Å²) in [5, 5.41) is 12.8. The maximum absolute atomic E-state index is 12.2. The normalized spacial score (nSPS) is 21.6. The Bertz CT molecular complexity index is 523. The van der Waals surface area contributed by atoms with E-state index >= 15 is 0 Å². The molecule has 6 nitrogen and oxygen atoms in total. The van der Waals surface area contributed by atoms with Gasteiger partial charge in [0.25, 0.3) is 0 Å². The molecule has 1 fully saturated rings. The van der Waals surface area contributed by atoms with E-state index in [1.807, 2.05) is 0 Å². The van der Waals surface area contributed by atoms with Crippen LogP contribution in [0.15, 0.2) is 24.3 Å². The first-order chi connectivity index (χ1) is 9.51. The third-order valence-electron chi connectivity index (χ3n) is 3.09. The van der Waals surface area contributed by atoms with Crippen molar-refractivity contribution < 1.29 is 19.4 Å². The number of nitrogens with one attached hydrogen (secondary N) is 1. The number of amides is 2. The number of aliphatic hydroxyl groups excluding tert-OH is 1. The Morgan fingerprint density at radius 3 is 2.90 bits per heavy atom. The molecular formula is C13H15ClN2O4. The van der Waals surface area contributed by atoms with E-state index in [-0.39, 0.29) is 13.0 Å². The smallest absolute Gasteiger partial charge is 0.328 e. The van der Waals surface area contributed by atoms with Gasteiger partial charge in [-0.3, -0.25) is 0 Å². The molecule has 1 heterocycles. The van der Waals surface area contributed by atoms with Gasteiger partial charge in [0.1, 0.15) is 6.04 Å². The molecule has 2 atom stereocenters. The van der Waals surface area contributed by atoms with Gasteiger partial charge in [0.15, 0.2) is 0 Å². The number of aliphatic hydroxyl groups is 1. The fraction of sp³-hybridized carbons (Fsp3) is 0.385. The molecule has 1 aliphatic rings. The molecule has 108 valence electrons. The molecule has 0 saturated carbocycles. The zero-order chi connectivity index (χ0) is 14.7. The Balaban J connectivity index is 2.09. The van der Waals surface area contributed by atoms with Crippen LogP contribution in [0.1, 0.15) is 6.42 Å². The minimum absolute atomic E-state index is 0.0895. The van der Waals surface area contributed by atoms with Crippen molar-refractivity contribution in [2.75, 3.05) is 19.0 Å². The Hall–Kier alpha value is -1.79. The number of β-amino-alcohol motifs (C(OH)–C–C–N with tert-alkyl or cyclic N) is 1. The van der Waals surface area contributed by atoms with Gasteiger partial charge in [-0.15, -0.1) is 0 Å². The number of rotatable bonds is 2. The van der Waals surface area contributed by atoms with Gasteiger partial charge in [-0.05, 0) is 18.2 Å². The van der Waals surface area contributed by atoms with Gasteiger partial charge < -0.3 is 20.1 Å². The van der Waals surface area contributed by atoms with Gasteiger partial charge in [-0.1, -0.05) is 17.7 Å². The van der Waals surface area contributed by atoms with Crippen molar-refractivity contribution in [3.63, 3.8) is 0 Å². The Morgan fingerprint density at radius 1 is 1.50 bits per heavy atom. The van der Waals surface area contributed by atoms with Crippen molar-refractivity contribution in [3.05, 3.63) is 29.3 Å². The minimum atomic E-state index is -0.769. The SMILES string of the molecule is COC(=O)C1CC(O)CN1C(=O)Nc1cccc(Cl)c1. The summed E-state index contributed by atoms with van der Waals surface area (Å²) < 4.78 is 4.64. The highest BCUT2D eigenvalue weighted by molar-refractivity contribution is 6.30. The van der Waals surface area contributed by atoms with E-state index < -0.39 is 24.1 Å². The summed E-state index contributed by atoms with van der Waals surface area (Å²) in [6.45, 7) is 0.0895. The molecule has 2 N–H and O–H groups in total. The summed E-state index contributed by atoms with van der Waals surface area (Å²) in [4.78, 5) is 25.0. The molecule has 2 amide bonds. The number of urea groups is 1. The Labute approximate surface area is 121 Å². The van der Waals surface area contributed by atoms with Crippen LogP contribution in [0.4, 0.5) is 10.5 Å². The van der Waals surface area contributed by atoms with Crippen molar-refractivity contribution in [1.29, 1.82) is 0 Å². The van der Waals surface area contributed by atoms with Crippen LogP contribution >= 0.6 is 11.6 Å². The number of esters is 1. The number of anilines is 1. The predicted molar refractivity (Wildman–Crippen MR) is 73.6 cm³/mol. The van der Waals surface area contributed by atoms with E-state index in [4.69, 9.17) is 11.6 Å². The van der Waals surface area contributed by atoms with Crippen LogP contribution in [0.5, 0.6) is 0 Å². The summed E-state index contributed by atoms with van der Waals surface area (Å²) >= 11 is 5.83. The highest BCUT2D eigenvalue weighted by atomic mass is 35.5. The second-order valence-corrected chi connectivity index (χ2v) is 4.96. The van der Waals surface area contributed by atoms with Gasteiger partial charge in [0.2, 0.25) is 0 Å². The number of benzene rings is 1. The van der Waals surface area contributed by atoms with Crippen molar-refractivity contribution >= 4 is 29.3 Å². The van der Waals surface area contributed by atoms with Gasteiger partial charge >= 0.3 is 12.0 Å². The van der Waals surface area contributed by atoms with Crippen LogP contribution in [0, 0.1) is 0 Å². The van der Waals surface area contributed by atoms with Crippen LogP contribution in [-0.4, -0.2) is 47.8 Å². The molecule has 0 bridgehead atoms. The van der Waals surface area contributed by atoms with Gasteiger partial charge in [-0.2, -0.15) is 0 Å². The number of methoxy groups -OCH3 is 1. The number of halogens is 1. The lowest BCUT2D eigenvalue weighted by Gasteiger charge is -2.22. The van der Waals surface area contributed by atoms with E-state index in [1.165, 1.54) is 12.0 Å². The molecule has 1 aromatic carbocycles. The van der Waals surface area contributed by atoms with Crippen LogP contribution in [0.25, 0.3) is 0 Å². The summed E-state index contributed by atoms with van der Waals surface area (Å²) in [7, 11) is 1.25. The van der Waals surface area contributed by atoms with Crippen LogP contribution < -0.4 is 5.32 Å². The zero-order valence-electron chi connectivity index (χ0n) is 10.9. The van der Waals surface area contributed by atoms with Crippen molar-refractivity contribution in [1.82, 2.24) is 4.90 Å². The third kappa shape index (κ3) is 3.20. The van der Waals surface area contributed by atoms with E-state index in [2.05, 4.69) is 10.1 Å². The first-order valence-electron chi connectivity index (χ1n) is 6.10. The molecule has 2 unspecified atom stereocenters. The standard InChI is InChI=1S/C13H15ClN2O4/c1-20-12(18)11-6-10(17)7-16(11)13(19)15-9-4-2-3-8(14)5-9/h2-5,10-11,17H,6-7H2,1H3,(H,15,19). The van der Waals surface area contributed by atoms with Gasteiger partial charge in [-0.25, -0.2) is 9.59 Å². The van der Waals surface area contributed by atoms with Crippen LogP contribution in [-0.2, 0) is 9.53 Å². The summed E-state index contributed by atoms with van der Waals surface area (Å²) in [5.74, 6) is -0.539. The lowest BCUT2D eigenvalue weighted by molar-refractivity contribution is -0.144. The number of carbonyl (C=O) groups is 2. The molecule has 0 spiro atoms. The number of hydrogen-bond acceptors (Lipinski definition) is 4. The topological polar surface area (TPSA) is 78.9 Å². The quantitative estimate of drug-likeness (QED) is 0.811. The van der Waals surface area contributed by atoms with Crippen LogP contribution in [0.2, 0.25) is 5.02 Å². The van der Waals surface area contributed by atoms with Crippen molar-refractivity contribution in [2.24, 2.45) is 0 Å². The van der Waals surface area contributed by atoms with Crippen molar-refractivity contribution in [3.8, 4) is 0 Å². The summed E-state index contributed by atoms with van der Waals surface area (Å²) in [6.07, 6.45) is -0.556. The largest absolute Gasteiger partial charge is 0.467 e. The maximum atomic E-state index is 12.2. The summed E-state index contributed by atoms with van der Waals surface area (Å²) in [5.41, 5.74) is 0.521. The Morgan fingerprint density at radius 2 is 2.25 bits per heavy atom. The van der Waals surface area contributed by atoms with Crippen molar-refractivity contribution in [2.45, 2.75) is 18.6 Å². The van der Waals surface area contributed by atoms with E-state index in [0.717, 1.165) is 0 Å². The highest BCUT2D eigenvalue weighted by Crippen LogP contribution is 2.21. The maximum Gasteiger partial charge on any atom is 0.328 e. The number of nitrogens with zero attached hydrogens (tertiary/aromatic N) is 1. The van der Waals surface area contributed by atoms with E-state index in [1.54, 1.807) is 24.3 Å². The highest BCUT2D eigenvalue weighted by Gasteiger charge is 2.39.